The van der Waals surface area contributed by atoms with Gasteiger partial charge in [-0.1, -0.05) is 0 Å². The summed E-state index contributed by atoms with van der Waals surface area (Å²) in [5.74, 6) is 0.453. The van der Waals surface area contributed by atoms with Crippen molar-refractivity contribution in [1.29, 1.82) is 0 Å². The van der Waals surface area contributed by atoms with Crippen molar-refractivity contribution in [3.63, 3.8) is 0 Å². The lowest BCUT2D eigenvalue weighted by molar-refractivity contribution is 0.0948. The number of aromatic nitrogens is 5. The zero-order valence-electron chi connectivity index (χ0n) is 8.66. The molecule has 1 amide bonds. The Morgan fingerprint density at radius 3 is 2.75 bits per heavy atom. The number of nitrogens with zero attached hydrogens (tertiary/aromatic N) is 5. The summed E-state index contributed by atoms with van der Waals surface area (Å²) in [4.78, 5) is 23.1. The number of carbonyl (C=O) groups is 1. The molecule has 0 aliphatic carbocycles. The van der Waals surface area contributed by atoms with Crippen molar-refractivity contribution >= 4 is 5.91 Å². The number of hydrogen-bond acceptors (Lipinski definition) is 5. The minimum atomic E-state index is -0.233. The first kappa shape index (κ1) is 10.2. The summed E-state index contributed by atoms with van der Waals surface area (Å²) in [6.07, 6.45) is 5.73. The molecule has 82 valence electrons. The van der Waals surface area contributed by atoms with E-state index >= 15 is 0 Å². The van der Waals surface area contributed by atoms with Crippen LogP contribution in [0.4, 0.5) is 0 Å². The average molecular weight is 218 g/mol. The highest BCUT2D eigenvalue weighted by Crippen LogP contribution is 1.95. The predicted molar refractivity (Wildman–Crippen MR) is 54.2 cm³/mol. The molecular formula is C9H10N6O. The smallest absolute Gasteiger partial charge is 0.254 e. The molecule has 0 aliphatic rings. The number of amides is 1. The Morgan fingerprint density at radius 1 is 1.38 bits per heavy atom. The third-order valence-electron chi connectivity index (χ3n) is 2.03. The van der Waals surface area contributed by atoms with Gasteiger partial charge in [-0.05, 0) is 0 Å². The van der Waals surface area contributed by atoms with Crippen LogP contribution in [0.25, 0.3) is 0 Å². The van der Waals surface area contributed by atoms with Gasteiger partial charge < -0.3 is 5.32 Å². The molecule has 2 rings (SSSR count). The van der Waals surface area contributed by atoms with Gasteiger partial charge in [-0.2, -0.15) is 5.10 Å². The van der Waals surface area contributed by atoms with Crippen LogP contribution in [-0.2, 0) is 13.6 Å². The van der Waals surface area contributed by atoms with Crippen LogP contribution in [0, 0.1) is 0 Å². The van der Waals surface area contributed by atoms with E-state index in [1.54, 1.807) is 11.7 Å². The molecule has 0 radical (unpaired) electrons. The van der Waals surface area contributed by atoms with E-state index in [0.29, 0.717) is 17.9 Å². The Kier molecular flexibility index (Phi) is 2.86. The Labute approximate surface area is 91.6 Å². The molecule has 7 nitrogen and oxygen atoms in total. The molecule has 1 N–H and O–H groups in total. The Morgan fingerprint density at radius 2 is 2.12 bits per heavy atom. The number of aryl methyl sites for hydroxylation is 1. The van der Waals surface area contributed by atoms with E-state index in [-0.39, 0.29) is 5.91 Å². The van der Waals surface area contributed by atoms with Crippen molar-refractivity contribution in [2.45, 2.75) is 6.54 Å². The number of rotatable bonds is 3. The number of nitrogens with one attached hydrogen (secondary N) is 1. The molecule has 2 heterocycles. The second-order valence-electron chi connectivity index (χ2n) is 3.11. The predicted octanol–water partition coefficient (Wildman–Crippen LogP) is -0.465. The average Bonchev–Trinajstić information content (AvgIpc) is 2.73. The molecule has 0 unspecified atom stereocenters. The van der Waals surface area contributed by atoms with Gasteiger partial charge in [0.2, 0.25) is 0 Å². The summed E-state index contributed by atoms with van der Waals surface area (Å²) in [7, 11) is 1.76. The quantitative estimate of drug-likeness (QED) is 0.753. The molecule has 0 saturated carbocycles. The molecule has 0 aromatic carbocycles. The van der Waals surface area contributed by atoms with Gasteiger partial charge in [0.25, 0.3) is 5.91 Å². The van der Waals surface area contributed by atoms with Crippen molar-refractivity contribution in [1.82, 2.24) is 30.0 Å². The van der Waals surface area contributed by atoms with Crippen molar-refractivity contribution in [3.8, 4) is 0 Å². The first-order valence-electron chi connectivity index (χ1n) is 4.63. The van der Waals surface area contributed by atoms with E-state index in [4.69, 9.17) is 0 Å². The van der Waals surface area contributed by atoms with Crippen LogP contribution in [0.15, 0.2) is 25.0 Å². The summed E-state index contributed by atoms with van der Waals surface area (Å²) < 4.78 is 1.60. The lowest BCUT2D eigenvalue weighted by atomic mass is 10.3. The van der Waals surface area contributed by atoms with E-state index in [1.165, 1.54) is 25.0 Å². The van der Waals surface area contributed by atoms with Gasteiger partial charge >= 0.3 is 0 Å². The van der Waals surface area contributed by atoms with Crippen LogP contribution in [0.5, 0.6) is 0 Å². The van der Waals surface area contributed by atoms with Crippen molar-refractivity contribution < 1.29 is 4.79 Å². The molecule has 0 bridgehead atoms. The Hall–Kier alpha value is -2.31. The fourth-order valence-corrected chi connectivity index (χ4v) is 1.16. The molecule has 7 heteroatoms. The van der Waals surface area contributed by atoms with Crippen LogP contribution in [0.1, 0.15) is 16.2 Å². The van der Waals surface area contributed by atoms with Gasteiger partial charge in [0.1, 0.15) is 18.5 Å². The van der Waals surface area contributed by atoms with Gasteiger partial charge in [-0.25, -0.2) is 15.0 Å². The highest BCUT2D eigenvalue weighted by Gasteiger charge is 2.07. The van der Waals surface area contributed by atoms with Crippen molar-refractivity contribution in [3.05, 3.63) is 36.4 Å². The maximum atomic E-state index is 11.6. The zero-order valence-corrected chi connectivity index (χ0v) is 8.66. The monoisotopic (exact) mass is 218 g/mol. The van der Waals surface area contributed by atoms with E-state index in [0.717, 1.165) is 0 Å². The van der Waals surface area contributed by atoms with Crippen LogP contribution >= 0.6 is 0 Å². The van der Waals surface area contributed by atoms with E-state index in [1.807, 2.05) is 0 Å². The molecule has 0 aliphatic heterocycles. The lowest BCUT2D eigenvalue weighted by Crippen LogP contribution is -2.24. The zero-order chi connectivity index (χ0) is 11.4. The fourth-order valence-electron chi connectivity index (χ4n) is 1.16. The van der Waals surface area contributed by atoms with Gasteiger partial charge in [0.05, 0.1) is 12.1 Å². The summed E-state index contributed by atoms with van der Waals surface area (Å²) in [6.45, 7) is 0.324. The summed E-state index contributed by atoms with van der Waals surface area (Å²) >= 11 is 0. The normalized spacial score (nSPS) is 10.1. The minimum absolute atomic E-state index is 0.233. The Bertz CT molecular complexity index is 480. The standard InChI is InChI=1S/C9H10N6O/c1-15-8(13-6-14-15)4-12-9(16)7-2-10-5-11-3-7/h2-3,5-6H,4H2,1H3,(H,12,16). The first-order chi connectivity index (χ1) is 7.77. The van der Waals surface area contributed by atoms with Crippen LogP contribution in [-0.4, -0.2) is 30.6 Å². The summed E-state index contributed by atoms with van der Waals surface area (Å²) in [5, 5.41) is 6.60. The van der Waals surface area contributed by atoms with E-state index < -0.39 is 0 Å². The van der Waals surface area contributed by atoms with Crippen molar-refractivity contribution in [2.75, 3.05) is 0 Å². The van der Waals surface area contributed by atoms with E-state index in [9.17, 15) is 4.79 Å². The largest absolute Gasteiger partial charge is 0.345 e. The molecule has 0 atom stereocenters. The fraction of sp³-hybridized carbons (Fsp3) is 0.222. The minimum Gasteiger partial charge on any atom is -0.345 e. The summed E-state index contributed by atoms with van der Waals surface area (Å²) in [6, 6.07) is 0. The van der Waals surface area contributed by atoms with Gasteiger partial charge in [-0.3, -0.25) is 9.48 Å². The van der Waals surface area contributed by atoms with Crippen LogP contribution < -0.4 is 5.32 Å². The molecule has 2 aromatic heterocycles. The Balaban J connectivity index is 1.97. The first-order valence-corrected chi connectivity index (χ1v) is 4.63. The molecule has 0 saturated heterocycles. The highest BCUT2D eigenvalue weighted by atomic mass is 16.1. The van der Waals surface area contributed by atoms with Crippen molar-refractivity contribution in [2.24, 2.45) is 7.05 Å². The topological polar surface area (TPSA) is 85.6 Å². The molecular weight excluding hydrogens is 208 g/mol. The van der Waals surface area contributed by atoms with Gasteiger partial charge in [0, 0.05) is 19.4 Å². The number of carbonyl (C=O) groups excluding carboxylic acids is 1. The maximum Gasteiger partial charge on any atom is 0.254 e. The molecule has 0 fully saturated rings. The number of hydrogen-bond donors (Lipinski definition) is 1. The van der Waals surface area contributed by atoms with Gasteiger partial charge in [-0.15, -0.1) is 0 Å². The third kappa shape index (κ3) is 2.19. The second-order valence-corrected chi connectivity index (χ2v) is 3.11. The second kappa shape index (κ2) is 4.47. The third-order valence-corrected chi connectivity index (χ3v) is 2.03. The van der Waals surface area contributed by atoms with E-state index in [2.05, 4.69) is 25.4 Å². The van der Waals surface area contributed by atoms with Gasteiger partial charge in [0.15, 0.2) is 0 Å². The lowest BCUT2D eigenvalue weighted by Gasteiger charge is -2.03. The molecule has 2 aromatic rings. The molecule has 0 spiro atoms. The van der Waals surface area contributed by atoms with Crippen LogP contribution in [0.3, 0.4) is 0 Å². The SMILES string of the molecule is Cn1ncnc1CNC(=O)c1cncnc1. The highest BCUT2D eigenvalue weighted by molar-refractivity contribution is 5.93. The summed E-state index contributed by atoms with van der Waals surface area (Å²) in [5.41, 5.74) is 0.421. The maximum absolute atomic E-state index is 11.6. The molecule has 16 heavy (non-hydrogen) atoms. The van der Waals surface area contributed by atoms with Crippen LogP contribution in [0.2, 0.25) is 0 Å².